The fraction of sp³-hybridized carbons (Fsp3) is 0.588. The minimum atomic E-state index is -4.21. The number of halogens is 3. The summed E-state index contributed by atoms with van der Waals surface area (Å²) in [5, 5.41) is 2.80. The summed E-state index contributed by atoms with van der Waals surface area (Å²) in [5.41, 5.74) is 0.950. The fourth-order valence-corrected chi connectivity index (χ4v) is 2.84. The van der Waals surface area contributed by atoms with E-state index in [9.17, 15) is 18.0 Å². The van der Waals surface area contributed by atoms with Crippen molar-refractivity contribution in [2.24, 2.45) is 0 Å². The molecular weight excluding hydrogens is 335 g/mol. The van der Waals surface area contributed by atoms with Crippen LogP contribution >= 0.6 is 0 Å². The van der Waals surface area contributed by atoms with Crippen LogP contribution in [0.1, 0.15) is 18.9 Å². The lowest BCUT2D eigenvalue weighted by Gasteiger charge is -2.22. The molecule has 1 heterocycles. The van der Waals surface area contributed by atoms with Gasteiger partial charge in [0.25, 0.3) is 0 Å². The molecule has 1 aliphatic rings. The number of rotatable bonds is 6. The Morgan fingerprint density at radius 1 is 1.36 bits per heavy atom. The SMILES string of the molecule is CCOc1ccc(CN(C)C(=O)N[C@H]2CCN(CC(F)(F)F)C2)cc1. The van der Waals surface area contributed by atoms with Crippen LogP contribution in [0.5, 0.6) is 5.75 Å². The first kappa shape index (κ1) is 19.4. The van der Waals surface area contributed by atoms with Crippen molar-refractivity contribution < 1.29 is 22.7 Å². The van der Waals surface area contributed by atoms with E-state index < -0.39 is 12.7 Å². The van der Waals surface area contributed by atoms with Crippen molar-refractivity contribution in [2.45, 2.75) is 32.1 Å². The Balaban J connectivity index is 1.78. The summed E-state index contributed by atoms with van der Waals surface area (Å²) in [6.45, 7) is 2.55. The van der Waals surface area contributed by atoms with Crippen LogP contribution in [0.3, 0.4) is 0 Å². The monoisotopic (exact) mass is 359 g/mol. The van der Waals surface area contributed by atoms with Gasteiger partial charge in [-0.15, -0.1) is 0 Å². The highest BCUT2D eigenvalue weighted by Gasteiger charge is 2.34. The summed E-state index contributed by atoms with van der Waals surface area (Å²) in [4.78, 5) is 15.0. The zero-order chi connectivity index (χ0) is 18.4. The van der Waals surface area contributed by atoms with E-state index in [4.69, 9.17) is 4.74 Å². The average Bonchev–Trinajstić information content (AvgIpc) is 2.94. The van der Waals surface area contributed by atoms with Crippen LogP contribution in [0.25, 0.3) is 0 Å². The maximum absolute atomic E-state index is 12.4. The first-order chi connectivity index (χ1) is 11.8. The minimum absolute atomic E-state index is 0.224. The second-order valence-electron chi connectivity index (χ2n) is 6.22. The summed E-state index contributed by atoms with van der Waals surface area (Å²) in [6, 6.07) is 6.92. The van der Waals surface area contributed by atoms with Gasteiger partial charge in [-0.2, -0.15) is 13.2 Å². The van der Waals surface area contributed by atoms with Crippen molar-refractivity contribution in [3.8, 4) is 5.75 Å². The number of hydrogen-bond donors (Lipinski definition) is 1. The zero-order valence-corrected chi connectivity index (χ0v) is 14.5. The summed E-state index contributed by atoms with van der Waals surface area (Å²) in [7, 11) is 1.66. The van der Waals surface area contributed by atoms with Crippen molar-refractivity contribution in [3.63, 3.8) is 0 Å². The summed E-state index contributed by atoms with van der Waals surface area (Å²) in [5.74, 6) is 0.772. The summed E-state index contributed by atoms with van der Waals surface area (Å²) in [6.07, 6.45) is -3.68. The molecule has 2 amide bonds. The van der Waals surface area contributed by atoms with Crippen LogP contribution in [-0.4, -0.2) is 61.3 Å². The van der Waals surface area contributed by atoms with Gasteiger partial charge < -0.3 is 15.0 Å². The molecule has 25 heavy (non-hydrogen) atoms. The second-order valence-corrected chi connectivity index (χ2v) is 6.22. The van der Waals surface area contributed by atoms with Gasteiger partial charge in [-0.05, 0) is 31.0 Å². The number of hydrogen-bond acceptors (Lipinski definition) is 3. The molecule has 1 N–H and O–H groups in total. The van der Waals surface area contributed by atoms with Crippen LogP contribution in [0.2, 0.25) is 0 Å². The Morgan fingerprint density at radius 2 is 2.04 bits per heavy atom. The molecule has 0 unspecified atom stereocenters. The Kier molecular flexibility index (Phi) is 6.52. The van der Waals surface area contributed by atoms with Gasteiger partial charge in [0.05, 0.1) is 13.2 Å². The smallest absolute Gasteiger partial charge is 0.401 e. The van der Waals surface area contributed by atoms with Crippen LogP contribution in [0.15, 0.2) is 24.3 Å². The van der Waals surface area contributed by atoms with Gasteiger partial charge in [-0.1, -0.05) is 12.1 Å². The molecule has 1 atom stereocenters. The number of ether oxygens (including phenoxy) is 1. The number of urea groups is 1. The van der Waals surface area contributed by atoms with Gasteiger partial charge in [-0.25, -0.2) is 4.79 Å². The topological polar surface area (TPSA) is 44.8 Å². The maximum Gasteiger partial charge on any atom is 0.401 e. The molecule has 1 aromatic rings. The van der Waals surface area contributed by atoms with E-state index >= 15 is 0 Å². The van der Waals surface area contributed by atoms with E-state index in [1.54, 1.807) is 7.05 Å². The first-order valence-corrected chi connectivity index (χ1v) is 8.29. The van der Waals surface area contributed by atoms with E-state index in [1.165, 1.54) is 9.80 Å². The van der Waals surface area contributed by atoms with E-state index in [-0.39, 0.29) is 18.6 Å². The van der Waals surface area contributed by atoms with E-state index in [2.05, 4.69) is 5.32 Å². The third kappa shape index (κ3) is 6.45. The third-order valence-electron chi connectivity index (χ3n) is 4.00. The molecule has 0 saturated carbocycles. The van der Waals surface area contributed by atoms with Crippen molar-refractivity contribution in [2.75, 3.05) is 33.3 Å². The van der Waals surface area contributed by atoms with Crippen LogP contribution in [-0.2, 0) is 6.54 Å². The first-order valence-electron chi connectivity index (χ1n) is 8.29. The highest BCUT2D eigenvalue weighted by molar-refractivity contribution is 5.74. The van der Waals surface area contributed by atoms with E-state index in [0.29, 0.717) is 26.1 Å². The fourth-order valence-electron chi connectivity index (χ4n) is 2.84. The summed E-state index contributed by atoms with van der Waals surface area (Å²) >= 11 is 0. The normalized spacial score (nSPS) is 18.2. The van der Waals surface area contributed by atoms with Gasteiger partial charge in [0.2, 0.25) is 0 Å². The Hall–Kier alpha value is -1.96. The molecule has 1 aromatic carbocycles. The minimum Gasteiger partial charge on any atom is -0.494 e. The predicted octanol–water partition coefficient (Wildman–Crippen LogP) is 2.86. The average molecular weight is 359 g/mol. The number of amides is 2. The molecular formula is C17H24F3N3O2. The molecule has 1 saturated heterocycles. The lowest BCUT2D eigenvalue weighted by Crippen LogP contribution is -2.44. The number of nitrogens with one attached hydrogen (secondary N) is 1. The quantitative estimate of drug-likeness (QED) is 0.850. The molecule has 5 nitrogen and oxygen atoms in total. The van der Waals surface area contributed by atoms with Gasteiger partial charge in [0.1, 0.15) is 5.75 Å². The zero-order valence-electron chi connectivity index (χ0n) is 14.5. The lowest BCUT2D eigenvalue weighted by molar-refractivity contribution is -0.143. The number of carbonyl (C=O) groups is 1. The molecule has 140 valence electrons. The van der Waals surface area contributed by atoms with Crippen molar-refractivity contribution in [1.82, 2.24) is 15.1 Å². The van der Waals surface area contributed by atoms with Gasteiger partial charge in [-0.3, -0.25) is 4.90 Å². The third-order valence-corrected chi connectivity index (χ3v) is 4.00. The number of benzene rings is 1. The van der Waals surface area contributed by atoms with Gasteiger partial charge >= 0.3 is 12.2 Å². The lowest BCUT2D eigenvalue weighted by atomic mass is 10.2. The van der Waals surface area contributed by atoms with Crippen molar-refractivity contribution >= 4 is 6.03 Å². The molecule has 0 radical (unpaired) electrons. The molecule has 2 rings (SSSR count). The summed E-state index contributed by atoms with van der Waals surface area (Å²) < 4.78 is 42.6. The van der Waals surface area contributed by atoms with Crippen LogP contribution in [0.4, 0.5) is 18.0 Å². The molecule has 0 aromatic heterocycles. The highest BCUT2D eigenvalue weighted by Crippen LogP contribution is 2.20. The Labute approximate surface area is 145 Å². The van der Waals surface area contributed by atoms with E-state index in [0.717, 1.165) is 11.3 Å². The number of nitrogens with zero attached hydrogens (tertiary/aromatic N) is 2. The highest BCUT2D eigenvalue weighted by atomic mass is 19.4. The number of carbonyl (C=O) groups excluding carboxylic acids is 1. The second kappa shape index (κ2) is 8.42. The van der Waals surface area contributed by atoms with Gasteiger partial charge in [0, 0.05) is 32.7 Å². The van der Waals surface area contributed by atoms with Crippen molar-refractivity contribution in [3.05, 3.63) is 29.8 Å². The van der Waals surface area contributed by atoms with Crippen LogP contribution in [0, 0.1) is 0 Å². The largest absolute Gasteiger partial charge is 0.494 e. The Morgan fingerprint density at radius 3 is 2.64 bits per heavy atom. The number of alkyl halides is 3. The molecule has 0 spiro atoms. The standard InChI is InChI=1S/C17H24F3N3O2/c1-3-25-15-6-4-13(5-7-15)10-22(2)16(24)21-14-8-9-23(11-14)12-17(18,19)20/h4-7,14H,3,8-12H2,1-2H3,(H,21,24)/t14-/m0/s1. The van der Waals surface area contributed by atoms with Crippen LogP contribution < -0.4 is 10.1 Å². The maximum atomic E-state index is 12.4. The molecule has 1 fully saturated rings. The predicted molar refractivity (Wildman–Crippen MR) is 88.5 cm³/mol. The number of likely N-dealkylation sites (tertiary alicyclic amines) is 1. The van der Waals surface area contributed by atoms with Crippen molar-refractivity contribution in [1.29, 1.82) is 0 Å². The van der Waals surface area contributed by atoms with E-state index in [1.807, 2.05) is 31.2 Å². The van der Waals surface area contributed by atoms with Gasteiger partial charge in [0.15, 0.2) is 0 Å². The Bertz CT molecular complexity index is 563. The molecule has 0 aliphatic carbocycles. The molecule has 1 aliphatic heterocycles. The molecule has 0 bridgehead atoms. The molecule has 8 heteroatoms.